The van der Waals surface area contributed by atoms with Gasteiger partial charge in [0.05, 0.1) is 0 Å². The second-order valence-electron chi connectivity index (χ2n) is 6.46. The molecule has 2 aromatic heterocycles. The van der Waals surface area contributed by atoms with E-state index in [9.17, 15) is 0 Å². The molecule has 0 aliphatic carbocycles. The average Bonchev–Trinajstić information content (AvgIpc) is 3.25. The zero-order valence-electron chi connectivity index (χ0n) is 14.5. The van der Waals surface area contributed by atoms with E-state index in [2.05, 4.69) is 35.9 Å². The summed E-state index contributed by atoms with van der Waals surface area (Å²) in [6.07, 6.45) is 0. The normalized spacial score (nSPS) is 11.5. The molecule has 0 atom stereocenters. The van der Waals surface area contributed by atoms with Gasteiger partial charge < -0.3 is 8.83 Å². The summed E-state index contributed by atoms with van der Waals surface area (Å²) in [6, 6.07) is 19.7. The first-order valence-electron chi connectivity index (χ1n) is 8.52. The molecule has 4 heteroatoms. The molecule has 0 bridgehead atoms. The van der Waals surface area contributed by atoms with E-state index in [1.807, 2.05) is 48.5 Å². The lowest BCUT2D eigenvalue weighted by molar-refractivity contribution is 0.616. The van der Waals surface area contributed by atoms with Gasteiger partial charge in [-0.3, -0.25) is 0 Å². The van der Waals surface area contributed by atoms with E-state index < -0.39 is 0 Å². The van der Waals surface area contributed by atoms with E-state index in [4.69, 9.17) is 8.83 Å². The first-order valence-corrected chi connectivity index (χ1v) is 8.52. The molecule has 0 unspecified atom stereocenters. The Morgan fingerprint density at radius 3 is 1.54 bits per heavy atom. The van der Waals surface area contributed by atoms with E-state index in [1.54, 1.807) is 0 Å². The van der Waals surface area contributed by atoms with Crippen LogP contribution in [0, 0.1) is 13.8 Å². The van der Waals surface area contributed by atoms with Gasteiger partial charge in [0.15, 0.2) is 11.2 Å². The molecule has 0 spiro atoms. The predicted octanol–water partition coefficient (Wildman–Crippen LogP) is 5.92. The molecule has 2 heterocycles. The highest BCUT2D eigenvalue weighted by Crippen LogP contribution is 2.34. The lowest BCUT2D eigenvalue weighted by Crippen LogP contribution is -1.90. The van der Waals surface area contributed by atoms with Crippen molar-refractivity contribution < 1.29 is 8.83 Å². The molecule has 4 nitrogen and oxygen atoms in total. The van der Waals surface area contributed by atoms with Crippen molar-refractivity contribution in [3.63, 3.8) is 0 Å². The van der Waals surface area contributed by atoms with Gasteiger partial charge in [-0.05, 0) is 55.3 Å². The number of hydrogen-bond donors (Lipinski definition) is 0. The Kier molecular flexibility index (Phi) is 3.19. The summed E-state index contributed by atoms with van der Waals surface area (Å²) < 4.78 is 11.9. The Hall–Kier alpha value is -3.40. The van der Waals surface area contributed by atoms with E-state index in [0.717, 1.165) is 44.5 Å². The van der Waals surface area contributed by atoms with Gasteiger partial charge in [0, 0.05) is 11.1 Å². The van der Waals surface area contributed by atoms with Gasteiger partial charge in [-0.1, -0.05) is 30.3 Å². The largest absolute Gasteiger partial charge is 0.436 e. The van der Waals surface area contributed by atoms with Crippen LogP contribution in [0.3, 0.4) is 0 Å². The van der Waals surface area contributed by atoms with Crippen molar-refractivity contribution in [1.82, 2.24) is 9.97 Å². The molecular formula is C22H16N2O2. The maximum Gasteiger partial charge on any atom is 0.227 e. The fraction of sp³-hybridized carbons (Fsp3) is 0.0909. The molecule has 0 radical (unpaired) electrons. The van der Waals surface area contributed by atoms with Crippen LogP contribution in [0.1, 0.15) is 11.1 Å². The maximum absolute atomic E-state index is 5.96. The van der Waals surface area contributed by atoms with E-state index in [-0.39, 0.29) is 0 Å². The molecule has 26 heavy (non-hydrogen) atoms. The highest BCUT2D eigenvalue weighted by molar-refractivity contribution is 5.80. The first-order chi connectivity index (χ1) is 12.7. The quantitative estimate of drug-likeness (QED) is 0.400. The predicted molar refractivity (Wildman–Crippen MR) is 102 cm³/mol. The third kappa shape index (κ3) is 2.30. The van der Waals surface area contributed by atoms with E-state index in [1.165, 1.54) is 0 Å². The van der Waals surface area contributed by atoms with Crippen LogP contribution in [0.4, 0.5) is 0 Å². The van der Waals surface area contributed by atoms with E-state index >= 15 is 0 Å². The van der Waals surface area contributed by atoms with Crippen LogP contribution in [0.5, 0.6) is 0 Å². The molecule has 0 saturated carbocycles. The minimum atomic E-state index is 0.612. The third-order valence-corrected chi connectivity index (χ3v) is 4.62. The zero-order chi connectivity index (χ0) is 17.7. The van der Waals surface area contributed by atoms with Crippen molar-refractivity contribution in [2.75, 3.05) is 0 Å². The average molecular weight is 340 g/mol. The summed E-state index contributed by atoms with van der Waals surface area (Å²) in [5, 5.41) is 0. The number of fused-ring (bicyclic) bond motifs is 2. The molecule has 0 saturated heterocycles. The Morgan fingerprint density at radius 2 is 1.08 bits per heavy atom. The molecule has 5 rings (SSSR count). The van der Waals surface area contributed by atoms with Gasteiger partial charge in [-0.15, -0.1) is 0 Å². The number of aryl methyl sites for hydroxylation is 2. The Morgan fingerprint density at radius 1 is 0.615 bits per heavy atom. The van der Waals surface area contributed by atoms with Crippen molar-refractivity contribution in [2.45, 2.75) is 13.8 Å². The smallest absolute Gasteiger partial charge is 0.227 e. The van der Waals surface area contributed by atoms with Crippen molar-refractivity contribution in [3.05, 3.63) is 71.8 Å². The van der Waals surface area contributed by atoms with Crippen molar-refractivity contribution >= 4 is 22.2 Å². The van der Waals surface area contributed by atoms with Crippen molar-refractivity contribution in [3.8, 4) is 22.9 Å². The minimum Gasteiger partial charge on any atom is -0.436 e. The number of hydrogen-bond acceptors (Lipinski definition) is 4. The highest BCUT2D eigenvalue weighted by Gasteiger charge is 2.16. The number of aromatic nitrogens is 2. The molecular weight excluding hydrogens is 324 g/mol. The number of nitrogens with zero attached hydrogens (tertiary/aromatic N) is 2. The first kappa shape index (κ1) is 14.9. The fourth-order valence-electron chi connectivity index (χ4n) is 3.29. The third-order valence-electron chi connectivity index (χ3n) is 4.62. The zero-order valence-corrected chi connectivity index (χ0v) is 14.5. The van der Waals surface area contributed by atoms with Gasteiger partial charge in [0.1, 0.15) is 11.0 Å². The summed E-state index contributed by atoms with van der Waals surface area (Å²) in [5.41, 5.74) is 7.38. The molecule has 0 aliphatic heterocycles. The summed E-state index contributed by atoms with van der Waals surface area (Å²) >= 11 is 0. The van der Waals surface area contributed by atoms with Gasteiger partial charge in [0.25, 0.3) is 0 Å². The second kappa shape index (κ2) is 5.56. The summed E-state index contributed by atoms with van der Waals surface area (Å²) in [5.74, 6) is 1.22. The van der Waals surface area contributed by atoms with Gasteiger partial charge in [-0.2, -0.15) is 0 Å². The van der Waals surface area contributed by atoms with Crippen LogP contribution < -0.4 is 0 Å². The van der Waals surface area contributed by atoms with Crippen LogP contribution in [0.2, 0.25) is 0 Å². The van der Waals surface area contributed by atoms with Crippen molar-refractivity contribution in [1.29, 1.82) is 0 Å². The van der Waals surface area contributed by atoms with Gasteiger partial charge in [-0.25, -0.2) is 9.97 Å². The molecule has 0 amide bonds. The Bertz CT molecular complexity index is 1100. The SMILES string of the molecule is Cc1cc(C)c(-c2nc3ccccc3o2)cc1-c1nc2ccccc2o1. The monoisotopic (exact) mass is 340 g/mol. The molecule has 0 fully saturated rings. The van der Waals surface area contributed by atoms with Gasteiger partial charge in [0.2, 0.25) is 11.8 Å². The number of oxazole rings is 2. The summed E-state index contributed by atoms with van der Waals surface area (Å²) in [4.78, 5) is 9.27. The van der Waals surface area contributed by atoms with Crippen molar-refractivity contribution in [2.24, 2.45) is 0 Å². The lowest BCUT2D eigenvalue weighted by Gasteiger charge is -2.07. The summed E-state index contributed by atoms with van der Waals surface area (Å²) in [6.45, 7) is 4.13. The molecule has 5 aromatic rings. The number of rotatable bonds is 2. The van der Waals surface area contributed by atoms with Crippen LogP contribution in [0.25, 0.3) is 45.1 Å². The highest BCUT2D eigenvalue weighted by atomic mass is 16.4. The lowest BCUT2D eigenvalue weighted by atomic mass is 10.00. The van der Waals surface area contributed by atoms with Crippen LogP contribution >= 0.6 is 0 Å². The topological polar surface area (TPSA) is 52.1 Å². The molecule has 0 aliphatic rings. The number of benzene rings is 3. The fourth-order valence-corrected chi connectivity index (χ4v) is 3.29. The number of para-hydroxylation sites is 4. The molecule has 0 N–H and O–H groups in total. The Labute approximate surface area is 150 Å². The molecule has 126 valence electrons. The second-order valence-corrected chi connectivity index (χ2v) is 6.46. The van der Waals surface area contributed by atoms with Crippen LogP contribution in [-0.2, 0) is 0 Å². The Balaban J connectivity index is 1.70. The minimum absolute atomic E-state index is 0.612. The maximum atomic E-state index is 5.96. The standard InChI is InChI=1S/C22H16N2O2/c1-13-11-14(2)16(22-24-18-8-4-6-10-20(18)26-22)12-15(13)21-23-17-7-3-5-9-19(17)25-21/h3-12H,1-2H3. The van der Waals surface area contributed by atoms with Crippen LogP contribution in [0.15, 0.2) is 69.5 Å². The molecule has 3 aromatic carbocycles. The van der Waals surface area contributed by atoms with E-state index in [0.29, 0.717) is 11.8 Å². The van der Waals surface area contributed by atoms with Gasteiger partial charge >= 0.3 is 0 Å². The van der Waals surface area contributed by atoms with Crippen LogP contribution in [-0.4, -0.2) is 9.97 Å². The summed E-state index contributed by atoms with van der Waals surface area (Å²) in [7, 11) is 0.